The molecule has 48 heavy (non-hydrogen) atoms. The van der Waals surface area contributed by atoms with Gasteiger partial charge in [0.2, 0.25) is 5.88 Å². The first-order valence-electron chi connectivity index (χ1n) is 15.2. The van der Waals surface area contributed by atoms with Gasteiger partial charge in [0.1, 0.15) is 17.1 Å². The van der Waals surface area contributed by atoms with Crippen LogP contribution in [0.5, 0.6) is 11.6 Å². The summed E-state index contributed by atoms with van der Waals surface area (Å²) in [6, 6.07) is 6.55. The number of nitrogens with one attached hydrogen (secondary N) is 2. The Morgan fingerprint density at radius 2 is 1.71 bits per heavy atom. The number of nitrogens with zero attached hydrogens (tertiary/aromatic N) is 2. The average Bonchev–Trinajstić information content (AvgIpc) is 3.41. The van der Waals surface area contributed by atoms with Gasteiger partial charge < -0.3 is 24.8 Å². The fraction of sp³-hybridized carbons (Fsp3) is 0.412. The van der Waals surface area contributed by atoms with Crippen LogP contribution >= 0.6 is 11.3 Å². The summed E-state index contributed by atoms with van der Waals surface area (Å²) >= 11 is 1.28. The fourth-order valence-corrected chi connectivity index (χ4v) is 6.11. The zero-order chi connectivity index (χ0) is 35.6. The molecule has 0 saturated heterocycles. The lowest BCUT2D eigenvalue weighted by atomic mass is 9.94. The number of hydrogen-bond donors (Lipinski definition) is 2. The highest BCUT2D eigenvalue weighted by atomic mass is 32.1. The van der Waals surface area contributed by atoms with E-state index in [4.69, 9.17) is 14.2 Å². The van der Waals surface area contributed by atoms with E-state index in [2.05, 4.69) is 41.4 Å². The number of benzene rings is 2. The third-order valence-corrected chi connectivity index (χ3v) is 8.23. The first kappa shape index (κ1) is 38.2. The van der Waals surface area contributed by atoms with Crippen molar-refractivity contribution in [1.82, 2.24) is 9.97 Å². The molecular formula is C34H40F4N4O5S. The number of aromatic nitrogens is 2. The predicted octanol–water partition coefficient (Wildman–Crippen LogP) is 8.77. The standard InChI is InChI=1S/C24H18F4N4O4S.C10H22O/c1-11-30-16-6-7-18(35-2)20(21(16)37-11)23(34)32-17-10-29-19(36-3)9-13(17)22(33)31-12-4-5-15(25)14(8-12)24(26,27)28;1-5-6-9(2)7-10(3)8-11-4/h4-10H,1-3H3,(H,31,33)(H,32,34);9-10H,5-8H2,1-4H3. The zero-order valence-electron chi connectivity index (χ0n) is 27.9. The topological polar surface area (TPSA) is 112 Å². The molecule has 2 aromatic carbocycles. The molecule has 0 aliphatic heterocycles. The van der Waals surface area contributed by atoms with Crippen molar-refractivity contribution in [1.29, 1.82) is 0 Å². The Balaban J connectivity index is 0.000000488. The molecule has 0 spiro atoms. The van der Waals surface area contributed by atoms with E-state index in [1.807, 2.05) is 0 Å². The Morgan fingerprint density at radius 1 is 0.979 bits per heavy atom. The maximum absolute atomic E-state index is 13.6. The van der Waals surface area contributed by atoms with Gasteiger partial charge in [-0.15, -0.1) is 11.3 Å². The Bertz CT molecular complexity index is 1700. The monoisotopic (exact) mass is 692 g/mol. The van der Waals surface area contributed by atoms with Crippen LogP contribution in [0.25, 0.3) is 10.2 Å². The number of methoxy groups -OCH3 is 3. The summed E-state index contributed by atoms with van der Waals surface area (Å²) in [6.45, 7) is 9.53. The first-order valence-corrected chi connectivity index (χ1v) is 16.0. The van der Waals surface area contributed by atoms with Crippen LogP contribution in [-0.4, -0.2) is 49.7 Å². The highest BCUT2D eigenvalue weighted by molar-refractivity contribution is 7.19. The molecule has 0 fully saturated rings. The summed E-state index contributed by atoms with van der Waals surface area (Å²) < 4.78 is 69.0. The van der Waals surface area contributed by atoms with E-state index in [9.17, 15) is 27.2 Å². The third kappa shape index (κ3) is 10.1. The van der Waals surface area contributed by atoms with Crippen molar-refractivity contribution < 1.29 is 41.4 Å². The van der Waals surface area contributed by atoms with E-state index in [0.717, 1.165) is 29.5 Å². The molecule has 2 heterocycles. The molecule has 2 amide bonds. The van der Waals surface area contributed by atoms with Crippen molar-refractivity contribution in [2.24, 2.45) is 11.8 Å². The molecular weight excluding hydrogens is 652 g/mol. The van der Waals surface area contributed by atoms with E-state index in [-0.39, 0.29) is 34.1 Å². The molecule has 2 atom stereocenters. The Morgan fingerprint density at radius 3 is 2.33 bits per heavy atom. The molecule has 0 radical (unpaired) electrons. The molecule has 0 aliphatic rings. The van der Waals surface area contributed by atoms with Gasteiger partial charge in [-0.2, -0.15) is 13.2 Å². The van der Waals surface area contributed by atoms with Gasteiger partial charge in [0.15, 0.2) is 0 Å². The maximum atomic E-state index is 13.6. The van der Waals surface area contributed by atoms with Crippen molar-refractivity contribution in [2.45, 2.75) is 53.1 Å². The molecule has 0 aliphatic carbocycles. The van der Waals surface area contributed by atoms with Gasteiger partial charge in [0.05, 0.1) is 52.5 Å². The van der Waals surface area contributed by atoms with Gasteiger partial charge in [-0.25, -0.2) is 14.4 Å². The van der Waals surface area contributed by atoms with Crippen molar-refractivity contribution >= 4 is 44.7 Å². The molecule has 0 saturated carbocycles. The van der Waals surface area contributed by atoms with Crippen LogP contribution in [0, 0.1) is 24.6 Å². The van der Waals surface area contributed by atoms with Gasteiger partial charge in [0, 0.05) is 25.5 Å². The number of alkyl halides is 3. The number of aryl methyl sites for hydroxylation is 1. The molecule has 260 valence electrons. The number of carbonyl (C=O) groups is 2. The lowest BCUT2D eigenvalue weighted by molar-refractivity contribution is -0.139. The van der Waals surface area contributed by atoms with Crippen molar-refractivity contribution in [3.8, 4) is 11.6 Å². The first-order chi connectivity index (χ1) is 22.7. The number of halogens is 4. The summed E-state index contributed by atoms with van der Waals surface area (Å²) in [4.78, 5) is 34.8. The van der Waals surface area contributed by atoms with Crippen LogP contribution in [0.2, 0.25) is 0 Å². The number of thiazole rings is 1. The largest absolute Gasteiger partial charge is 0.496 e. The molecule has 14 heteroatoms. The zero-order valence-corrected chi connectivity index (χ0v) is 28.7. The van der Waals surface area contributed by atoms with Gasteiger partial charge >= 0.3 is 6.18 Å². The second-order valence-electron chi connectivity index (χ2n) is 11.3. The van der Waals surface area contributed by atoms with Gasteiger partial charge in [0.25, 0.3) is 11.8 Å². The van der Waals surface area contributed by atoms with Gasteiger partial charge in [-0.1, -0.05) is 33.6 Å². The molecule has 4 rings (SSSR count). The van der Waals surface area contributed by atoms with Crippen LogP contribution in [0.4, 0.5) is 28.9 Å². The molecule has 9 nitrogen and oxygen atoms in total. The smallest absolute Gasteiger partial charge is 0.419 e. The van der Waals surface area contributed by atoms with E-state index >= 15 is 0 Å². The Kier molecular flexibility index (Phi) is 13.7. The highest BCUT2D eigenvalue weighted by Gasteiger charge is 2.34. The molecule has 4 aromatic rings. The summed E-state index contributed by atoms with van der Waals surface area (Å²) in [7, 11) is 4.48. The van der Waals surface area contributed by atoms with Crippen molar-refractivity contribution in [2.75, 3.05) is 38.6 Å². The van der Waals surface area contributed by atoms with Crippen LogP contribution in [0.1, 0.15) is 71.3 Å². The molecule has 2 unspecified atom stereocenters. The highest BCUT2D eigenvalue weighted by Crippen LogP contribution is 2.35. The Hall–Kier alpha value is -4.30. The maximum Gasteiger partial charge on any atom is 0.419 e. The van der Waals surface area contributed by atoms with E-state index in [1.54, 1.807) is 26.2 Å². The fourth-order valence-electron chi connectivity index (χ4n) is 5.16. The third-order valence-electron chi connectivity index (χ3n) is 7.22. The van der Waals surface area contributed by atoms with Crippen LogP contribution in [0.3, 0.4) is 0 Å². The number of ether oxygens (including phenoxy) is 3. The lowest BCUT2D eigenvalue weighted by Gasteiger charge is -2.15. The van der Waals surface area contributed by atoms with E-state index in [1.165, 1.54) is 57.1 Å². The average molecular weight is 693 g/mol. The second kappa shape index (κ2) is 17.2. The minimum Gasteiger partial charge on any atom is -0.496 e. The molecule has 2 aromatic heterocycles. The minimum atomic E-state index is -4.96. The summed E-state index contributed by atoms with van der Waals surface area (Å²) in [5.41, 5.74) is -1.30. The van der Waals surface area contributed by atoms with Crippen LogP contribution < -0.4 is 20.1 Å². The number of anilines is 2. The molecule has 2 N–H and O–H groups in total. The summed E-state index contributed by atoms with van der Waals surface area (Å²) in [5.74, 6) is -1.14. The number of amides is 2. The van der Waals surface area contributed by atoms with E-state index in [0.29, 0.717) is 22.3 Å². The second-order valence-corrected chi connectivity index (χ2v) is 12.5. The number of rotatable bonds is 12. The normalized spacial score (nSPS) is 12.5. The Labute approximate surface area is 281 Å². The quantitative estimate of drug-likeness (QED) is 0.143. The van der Waals surface area contributed by atoms with E-state index < -0.39 is 29.4 Å². The van der Waals surface area contributed by atoms with Crippen molar-refractivity contribution in [3.05, 3.63) is 70.1 Å². The SMILES string of the molecule is CCCC(C)CC(C)COC.COc1cc(C(=O)Nc2ccc(F)c(C(F)(F)F)c2)c(NC(=O)c2c(OC)ccc3nc(C)sc23)cn1. The number of fused-ring (bicyclic) bond motifs is 1. The van der Waals surface area contributed by atoms with Gasteiger partial charge in [-0.05, 0) is 55.5 Å². The number of pyridine rings is 1. The summed E-state index contributed by atoms with van der Waals surface area (Å²) in [5, 5.41) is 5.62. The van der Waals surface area contributed by atoms with Crippen molar-refractivity contribution in [3.63, 3.8) is 0 Å². The lowest BCUT2D eigenvalue weighted by Crippen LogP contribution is -2.20. The number of carbonyl (C=O) groups excluding carboxylic acids is 2. The minimum absolute atomic E-state index is 0.0102. The van der Waals surface area contributed by atoms with Crippen LogP contribution in [-0.2, 0) is 10.9 Å². The number of hydrogen-bond acceptors (Lipinski definition) is 8. The predicted molar refractivity (Wildman–Crippen MR) is 179 cm³/mol. The van der Waals surface area contributed by atoms with Crippen LogP contribution in [0.15, 0.2) is 42.6 Å². The molecule has 0 bridgehead atoms. The van der Waals surface area contributed by atoms with Gasteiger partial charge in [-0.3, -0.25) is 9.59 Å². The summed E-state index contributed by atoms with van der Waals surface area (Å²) in [6.07, 6.45) is 0.178.